The topological polar surface area (TPSA) is 71.4 Å². The highest BCUT2D eigenvalue weighted by Gasteiger charge is 2.24. The fourth-order valence-corrected chi connectivity index (χ4v) is 3.81. The van der Waals surface area contributed by atoms with Crippen molar-refractivity contribution in [2.45, 2.75) is 58.2 Å². The third-order valence-corrected chi connectivity index (χ3v) is 5.30. The molecule has 7 nitrogen and oxygen atoms in total. The van der Waals surface area contributed by atoms with Crippen molar-refractivity contribution in [3.05, 3.63) is 11.3 Å². The molecule has 2 fully saturated rings. The van der Waals surface area contributed by atoms with Crippen LogP contribution in [0.2, 0.25) is 0 Å². The lowest BCUT2D eigenvalue weighted by Crippen LogP contribution is -2.45. The lowest BCUT2D eigenvalue weighted by molar-refractivity contribution is -0.123. The number of carbonyl (C=O) groups excluding carboxylic acids is 1. The van der Waals surface area contributed by atoms with Gasteiger partial charge in [0.25, 0.3) is 0 Å². The SMILES string of the molecule is Cc1nn(C)c(N2CCOCC2)c1CN[C@H](C)C(=O)NC1CCCC1. The molecule has 0 aromatic carbocycles. The van der Waals surface area contributed by atoms with Crippen LogP contribution < -0.4 is 15.5 Å². The third-order valence-electron chi connectivity index (χ3n) is 5.30. The van der Waals surface area contributed by atoms with Gasteiger partial charge >= 0.3 is 0 Å². The number of nitrogens with zero attached hydrogens (tertiary/aromatic N) is 3. The molecular weight excluding hydrogens is 318 g/mol. The van der Waals surface area contributed by atoms with Gasteiger partial charge in [-0.25, -0.2) is 0 Å². The van der Waals surface area contributed by atoms with Gasteiger partial charge in [-0.1, -0.05) is 12.8 Å². The summed E-state index contributed by atoms with van der Waals surface area (Å²) in [6, 6.07) is 0.151. The summed E-state index contributed by atoms with van der Waals surface area (Å²) >= 11 is 0. The number of aromatic nitrogens is 2. The van der Waals surface area contributed by atoms with Gasteiger partial charge in [0.15, 0.2) is 0 Å². The summed E-state index contributed by atoms with van der Waals surface area (Å²) in [5.74, 6) is 1.23. The maximum atomic E-state index is 12.4. The van der Waals surface area contributed by atoms with Gasteiger partial charge in [-0.15, -0.1) is 0 Å². The first-order chi connectivity index (χ1) is 12.1. The maximum Gasteiger partial charge on any atom is 0.237 e. The summed E-state index contributed by atoms with van der Waals surface area (Å²) in [7, 11) is 1.98. The smallest absolute Gasteiger partial charge is 0.237 e. The first-order valence-corrected chi connectivity index (χ1v) is 9.45. The molecule has 1 saturated carbocycles. The van der Waals surface area contributed by atoms with E-state index in [0.717, 1.165) is 50.7 Å². The molecule has 1 amide bonds. The highest BCUT2D eigenvalue weighted by molar-refractivity contribution is 5.81. The summed E-state index contributed by atoms with van der Waals surface area (Å²) < 4.78 is 7.41. The van der Waals surface area contributed by atoms with E-state index in [1.807, 2.05) is 25.6 Å². The summed E-state index contributed by atoms with van der Waals surface area (Å²) in [6.07, 6.45) is 4.68. The zero-order valence-corrected chi connectivity index (χ0v) is 15.7. The number of carbonyl (C=O) groups is 1. The summed E-state index contributed by atoms with van der Waals surface area (Å²) in [5, 5.41) is 11.1. The summed E-state index contributed by atoms with van der Waals surface area (Å²) in [5.41, 5.74) is 2.19. The van der Waals surface area contributed by atoms with E-state index < -0.39 is 0 Å². The molecule has 2 heterocycles. The zero-order chi connectivity index (χ0) is 17.8. The number of ether oxygens (including phenoxy) is 1. The lowest BCUT2D eigenvalue weighted by atomic mass is 10.2. The molecule has 1 aromatic rings. The minimum absolute atomic E-state index is 0.0985. The molecule has 2 N–H and O–H groups in total. The van der Waals surface area contributed by atoms with Gasteiger partial charge in [-0.2, -0.15) is 5.10 Å². The minimum Gasteiger partial charge on any atom is -0.378 e. The maximum absolute atomic E-state index is 12.4. The van der Waals surface area contributed by atoms with Crippen LogP contribution in [0.4, 0.5) is 5.82 Å². The molecule has 0 radical (unpaired) electrons. The highest BCUT2D eigenvalue weighted by Crippen LogP contribution is 2.24. The van der Waals surface area contributed by atoms with Crippen molar-refractivity contribution < 1.29 is 9.53 Å². The van der Waals surface area contributed by atoms with Gasteiger partial charge in [-0.05, 0) is 26.7 Å². The van der Waals surface area contributed by atoms with Gasteiger partial charge in [-0.3, -0.25) is 9.48 Å². The van der Waals surface area contributed by atoms with Crippen LogP contribution in [0.1, 0.15) is 43.9 Å². The molecule has 2 aliphatic rings. The van der Waals surface area contributed by atoms with E-state index >= 15 is 0 Å². The van der Waals surface area contributed by atoms with Crippen LogP contribution >= 0.6 is 0 Å². The van der Waals surface area contributed by atoms with Crippen LogP contribution in [0, 0.1) is 6.92 Å². The molecule has 1 aliphatic carbocycles. The van der Waals surface area contributed by atoms with Crippen LogP contribution in [0.3, 0.4) is 0 Å². The van der Waals surface area contributed by atoms with Crippen molar-refractivity contribution in [3.63, 3.8) is 0 Å². The quantitative estimate of drug-likeness (QED) is 0.805. The predicted octanol–water partition coefficient (Wildman–Crippen LogP) is 1.10. The Morgan fingerprint density at radius 1 is 1.32 bits per heavy atom. The first-order valence-electron chi connectivity index (χ1n) is 9.45. The van der Waals surface area contributed by atoms with Crippen molar-refractivity contribution in [2.24, 2.45) is 7.05 Å². The van der Waals surface area contributed by atoms with Crippen LogP contribution in [0.15, 0.2) is 0 Å². The zero-order valence-electron chi connectivity index (χ0n) is 15.7. The number of aryl methyl sites for hydroxylation is 2. The molecule has 1 atom stereocenters. The molecule has 1 saturated heterocycles. The van der Waals surface area contributed by atoms with E-state index in [4.69, 9.17) is 4.74 Å². The molecule has 25 heavy (non-hydrogen) atoms. The molecule has 0 spiro atoms. The Kier molecular flexibility index (Phi) is 5.96. The molecule has 0 bridgehead atoms. The first kappa shape index (κ1) is 18.2. The van der Waals surface area contributed by atoms with Crippen LogP contribution in [0.25, 0.3) is 0 Å². The normalized spacial score (nSPS) is 20.0. The highest BCUT2D eigenvalue weighted by atomic mass is 16.5. The number of hydrogen-bond donors (Lipinski definition) is 2. The van der Waals surface area contributed by atoms with Crippen LogP contribution in [-0.4, -0.2) is 54.1 Å². The number of anilines is 1. The van der Waals surface area contributed by atoms with Crippen molar-refractivity contribution in [1.29, 1.82) is 0 Å². The van der Waals surface area contributed by atoms with E-state index in [1.54, 1.807) is 0 Å². The van der Waals surface area contributed by atoms with Crippen molar-refractivity contribution in [2.75, 3.05) is 31.2 Å². The fourth-order valence-electron chi connectivity index (χ4n) is 3.81. The van der Waals surface area contributed by atoms with Gasteiger partial charge in [0, 0.05) is 38.3 Å². The fraction of sp³-hybridized carbons (Fsp3) is 0.778. The van der Waals surface area contributed by atoms with Crippen molar-refractivity contribution in [3.8, 4) is 0 Å². The second-order valence-corrected chi connectivity index (χ2v) is 7.20. The predicted molar refractivity (Wildman–Crippen MR) is 97.7 cm³/mol. The monoisotopic (exact) mass is 349 g/mol. The number of amides is 1. The average molecular weight is 349 g/mol. The van der Waals surface area contributed by atoms with E-state index in [1.165, 1.54) is 18.4 Å². The summed E-state index contributed by atoms with van der Waals surface area (Å²) in [6.45, 7) is 7.86. The molecule has 7 heteroatoms. The summed E-state index contributed by atoms with van der Waals surface area (Å²) in [4.78, 5) is 14.7. The van der Waals surface area contributed by atoms with Gasteiger partial charge in [0.2, 0.25) is 5.91 Å². The Bertz CT molecular complexity index is 589. The van der Waals surface area contributed by atoms with Gasteiger partial charge in [0.1, 0.15) is 5.82 Å². The number of morpholine rings is 1. The standard InChI is InChI=1S/C18H31N5O2/c1-13-16(18(22(3)21-13)23-8-10-25-11-9-23)12-19-14(2)17(24)20-15-6-4-5-7-15/h14-15,19H,4-12H2,1-3H3,(H,20,24)/t14-/m1/s1. The van der Waals surface area contributed by atoms with E-state index in [9.17, 15) is 4.79 Å². The van der Waals surface area contributed by atoms with Crippen molar-refractivity contribution >= 4 is 11.7 Å². The largest absolute Gasteiger partial charge is 0.378 e. The van der Waals surface area contributed by atoms with E-state index in [-0.39, 0.29) is 11.9 Å². The minimum atomic E-state index is -0.210. The molecule has 140 valence electrons. The Hall–Kier alpha value is -1.60. The Morgan fingerprint density at radius 3 is 2.68 bits per heavy atom. The Balaban J connectivity index is 1.61. The molecule has 0 unspecified atom stereocenters. The van der Waals surface area contributed by atoms with Crippen molar-refractivity contribution in [1.82, 2.24) is 20.4 Å². The van der Waals surface area contributed by atoms with Gasteiger partial charge in [0.05, 0.1) is 24.9 Å². The second kappa shape index (κ2) is 8.19. The average Bonchev–Trinajstić information content (AvgIpc) is 3.20. The van der Waals surface area contributed by atoms with Crippen LogP contribution in [-0.2, 0) is 23.1 Å². The second-order valence-electron chi connectivity index (χ2n) is 7.20. The number of nitrogens with one attached hydrogen (secondary N) is 2. The molecular formula is C18H31N5O2. The van der Waals surface area contributed by atoms with E-state index in [2.05, 4.69) is 20.6 Å². The molecule has 1 aliphatic heterocycles. The lowest BCUT2D eigenvalue weighted by Gasteiger charge is -2.29. The number of hydrogen-bond acceptors (Lipinski definition) is 5. The van der Waals surface area contributed by atoms with Gasteiger partial charge < -0.3 is 20.3 Å². The van der Waals surface area contributed by atoms with Crippen LogP contribution in [0.5, 0.6) is 0 Å². The Labute approximate surface area is 150 Å². The van der Waals surface area contributed by atoms with E-state index in [0.29, 0.717) is 12.6 Å². The molecule has 1 aromatic heterocycles. The number of rotatable bonds is 6. The Morgan fingerprint density at radius 2 is 2.00 bits per heavy atom. The molecule has 3 rings (SSSR count). The third kappa shape index (κ3) is 4.33.